The Bertz CT molecular complexity index is 290. The van der Waals surface area contributed by atoms with Gasteiger partial charge in [0.25, 0.3) is 0 Å². The molecule has 0 fully saturated rings. The van der Waals surface area contributed by atoms with Crippen LogP contribution >= 0.6 is 23.2 Å². The van der Waals surface area contributed by atoms with Gasteiger partial charge in [0.2, 0.25) is 0 Å². The van der Waals surface area contributed by atoms with Crippen LogP contribution in [0.15, 0.2) is 35.4 Å². The van der Waals surface area contributed by atoms with Gasteiger partial charge in [-0.05, 0) is 17.7 Å². The number of halogens is 3. The predicted octanol–water partition coefficient (Wildman–Crippen LogP) is 3.73. The summed E-state index contributed by atoms with van der Waals surface area (Å²) in [5.41, 5.74) is 0.979. The Balaban J connectivity index is 2.64. The third-order valence-corrected chi connectivity index (χ3v) is 2.03. The van der Waals surface area contributed by atoms with E-state index in [1.165, 1.54) is 12.1 Å². The minimum absolute atomic E-state index is 0.235. The van der Waals surface area contributed by atoms with Crippen molar-refractivity contribution in [1.29, 1.82) is 0 Å². The summed E-state index contributed by atoms with van der Waals surface area (Å²) in [6.45, 7) is 0. The first-order valence-electron chi connectivity index (χ1n) is 3.87. The largest absolute Gasteiger partial charge is 0.207 e. The normalized spacial score (nSPS) is 11.8. The molecule has 0 saturated heterocycles. The lowest BCUT2D eigenvalue weighted by Crippen LogP contribution is -1.85. The van der Waals surface area contributed by atoms with E-state index >= 15 is 0 Å². The molecule has 0 aliphatic heterocycles. The van der Waals surface area contributed by atoms with Gasteiger partial charge >= 0.3 is 0 Å². The molecule has 0 amide bonds. The van der Waals surface area contributed by atoms with Crippen LogP contribution in [0.3, 0.4) is 0 Å². The zero-order valence-corrected chi connectivity index (χ0v) is 8.45. The molecule has 0 nitrogen and oxygen atoms in total. The summed E-state index contributed by atoms with van der Waals surface area (Å²) in [5.74, 6) is 0.168. The van der Waals surface area contributed by atoms with Crippen molar-refractivity contribution < 1.29 is 4.39 Å². The van der Waals surface area contributed by atoms with Crippen molar-refractivity contribution >= 4 is 23.2 Å². The van der Waals surface area contributed by atoms with Crippen LogP contribution in [0.2, 0.25) is 0 Å². The fourth-order valence-corrected chi connectivity index (χ4v) is 1.45. The van der Waals surface area contributed by atoms with Crippen LogP contribution in [0.4, 0.5) is 4.39 Å². The second-order valence-corrected chi connectivity index (χ2v) is 3.40. The van der Waals surface area contributed by atoms with Gasteiger partial charge in [-0.1, -0.05) is 29.8 Å². The maximum absolute atomic E-state index is 12.5. The van der Waals surface area contributed by atoms with Crippen molar-refractivity contribution in [3.8, 4) is 0 Å². The average Bonchev–Trinajstić information content (AvgIpc) is 2.09. The Morgan fingerprint density at radius 2 is 1.92 bits per heavy atom. The smallest absolute Gasteiger partial charge is 0.123 e. The maximum Gasteiger partial charge on any atom is 0.123 e. The van der Waals surface area contributed by atoms with Gasteiger partial charge < -0.3 is 0 Å². The number of allylic oxidation sites excluding steroid dienone is 2. The molecule has 0 spiro atoms. The monoisotopic (exact) mass is 218 g/mol. The van der Waals surface area contributed by atoms with E-state index in [0.29, 0.717) is 17.3 Å². The molecular weight excluding hydrogens is 210 g/mol. The molecule has 1 rings (SSSR count). The van der Waals surface area contributed by atoms with Crippen molar-refractivity contribution in [1.82, 2.24) is 0 Å². The van der Waals surface area contributed by atoms with Crippen LogP contribution in [0.1, 0.15) is 5.56 Å². The number of rotatable bonds is 3. The molecule has 0 bridgehead atoms. The molecule has 0 atom stereocenters. The zero-order chi connectivity index (χ0) is 9.68. The molecule has 0 heterocycles. The highest BCUT2D eigenvalue weighted by atomic mass is 35.5. The SMILES string of the molecule is Fc1ccc(CC(Cl)=CCCl)cc1. The first kappa shape index (κ1) is 10.6. The number of benzene rings is 1. The fourth-order valence-electron chi connectivity index (χ4n) is 0.953. The quantitative estimate of drug-likeness (QED) is 0.679. The van der Waals surface area contributed by atoms with Crippen molar-refractivity contribution in [3.05, 3.63) is 46.8 Å². The van der Waals surface area contributed by atoms with E-state index in [0.717, 1.165) is 5.56 Å². The molecule has 70 valence electrons. The second-order valence-electron chi connectivity index (χ2n) is 2.61. The Morgan fingerprint density at radius 1 is 1.31 bits per heavy atom. The highest BCUT2D eigenvalue weighted by Crippen LogP contribution is 2.12. The minimum Gasteiger partial charge on any atom is -0.207 e. The number of hydrogen-bond donors (Lipinski definition) is 0. The highest BCUT2D eigenvalue weighted by Gasteiger charge is 1.96. The van der Waals surface area contributed by atoms with Crippen molar-refractivity contribution in [3.63, 3.8) is 0 Å². The summed E-state index contributed by atoms with van der Waals surface area (Å²) in [5, 5.41) is 0.682. The van der Waals surface area contributed by atoms with E-state index in [4.69, 9.17) is 23.2 Å². The highest BCUT2D eigenvalue weighted by molar-refractivity contribution is 6.30. The van der Waals surface area contributed by atoms with E-state index in [1.54, 1.807) is 18.2 Å². The predicted molar refractivity (Wildman–Crippen MR) is 54.8 cm³/mol. The van der Waals surface area contributed by atoms with Crippen molar-refractivity contribution in [2.24, 2.45) is 0 Å². The summed E-state index contributed by atoms with van der Waals surface area (Å²) in [4.78, 5) is 0. The zero-order valence-electron chi connectivity index (χ0n) is 6.93. The molecule has 1 aromatic carbocycles. The van der Waals surface area contributed by atoms with Gasteiger partial charge in [0.15, 0.2) is 0 Å². The number of alkyl halides is 1. The third kappa shape index (κ3) is 3.79. The minimum atomic E-state index is -0.235. The molecule has 0 saturated carbocycles. The summed E-state index contributed by atoms with van der Waals surface area (Å²) >= 11 is 11.3. The van der Waals surface area contributed by atoms with Gasteiger partial charge in [-0.25, -0.2) is 4.39 Å². The lowest BCUT2D eigenvalue weighted by Gasteiger charge is -1.98. The standard InChI is InChI=1S/C10H9Cl2F/c11-6-5-9(12)7-8-1-3-10(13)4-2-8/h1-5H,6-7H2. The Labute approximate surface area is 87.0 Å². The Hall–Kier alpha value is -0.530. The Morgan fingerprint density at radius 3 is 2.46 bits per heavy atom. The fraction of sp³-hybridized carbons (Fsp3) is 0.200. The molecule has 1 aromatic rings. The third-order valence-electron chi connectivity index (χ3n) is 1.58. The summed E-state index contributed by atoms with van der Waals surface area (Å²) in [6, 6.07) is 6.25. The van der Waals surface area contributed by atoms with Crippen LogP contribution in [0.5, 0.6) is 0 Å². The van der Waals surface area contributed by atoms with Crippen LogP contribution < -0.4 is 0 Å². The lowest BCUT2D eigenvalue weighted by atomic mass is 10.1. The molecule has 3 heteroatoms. The molecular formula is C10H9Cl2F. The molecule has 0 aliphatic rings. The van der Waals surface area contributed by atoms with E-state index in [2.05, 4.69) is 0 Å². The van der Waals surface area contributed by atoms with Crippen molar-refractivity contribution in [2.45, 2.75) is 6.42 Å². The molecule has 0 aliphatic carbocycles. The van der Waals surface area contributed by atoms with E-state index in [-0.39, 0.29) is 5.82 Å². The van der Waals surface area contributed by atoms with Crippen LogP contribution in [-0.2, 0) is 6.42 Å². The summed E-state index contributed by atoms with van der Waals surface area (Å²) in [6.07, 6.45) is 2.33. The van der Waals surface area contributed by atoms with Gasteiger partial charge in [-0.3, -0.25) is 0 Å². The first-order chi connectivity index (χ1) is 6.22. The molecule has 0 aromatic heterocycles. The van der Waals surface area contributed by atoms with E-state index < -0.39 is 0 Å². The lowest BCUT2D eigenvalue weighted by molar-refractivity contribution is 0.627. The topological polar surface area (TPSA) is 0 Å². The van der Waals surface area contributed by atoms with E-state index in [9.17, 15) is 4.39 Å². The van der Waals surface area contributed by atoms with Gasteiger partial charge in [-0.2, -0.15) is 0 Å². The molecule has 0 N–H and O–H groups in total. The molecule has 0 radical (unpaired) electrons. The maximum atomic E-state index is 12.5. The molecule has 0 unspecified atom stereocenters. The van der Waals surface area contributed by atoms with Gasteiger partial charge in [-0.15, -0.1) is 11.6 Å². The van der Waals surface area contributed by atoms with E-state index in [1.807, 2.05) is 0 Å². The average molecular weight is 219 g/mol. The van der Waals surface area contributed by atoms with Crippen LogP contribution in [0, 0.1) is 5.82 Å². The van der Waals surface area contributed by atoms with Crippen LogP contribution in [-0.4, -0.2) is 5.88 Å². The van der Waals surface area contributed by atoms with Crippen molar-refractivity contribution in [2.75, 3.05) is 5.88 Å². The summed E-state index contributed by atoms with van der Waals surface area (Å²) in [7, 11) is 0. The van der Waals surface area contributed by atoms with Gasteiger partial charge in [0.1, 0.15) is 5.82 Å². The second kappa shape index (κ2) is 5.25. The first-order valence-corrected chi connectivity index (χ1v) is 4.78. The molecule has 13 heavy (non-hydrogen) atoms. The number of hydrogen-bond acceptors (Lipinski definition) is 0. The van der Waals surface area contributed by atoms with Gasteiger partial charge in [0, 0.05) is 17.3 Å². The van der Waals surface area contributed by atoms with Gasteiger partial charge in [0.05, 0.1) is 0 Å². The van der Waals surface area contributed by atoms with Crippen LogP contribution in [0.25, 0.3) is 0 Å². The Kier molecular flexibility index (Phi) is 4.26. The summed E-state index contributed by atoms with van der Waals surface area (Å²) < 4.78 is 12.5.